The molecule has 3 aliphatic heterocycles. The van der Waals surface area contributed by atoms with E-state index >= 15 is 0 Å². The minimum Gasteiger partial charge on any atom is -0.484 e. The molecule has 41 heteroatoms. The van der Waals surface area contributed by atoms with Gasteiger partial charge in [0.25, 0.3) is 5.91 Å². The van der Waals surface area contributed by atoms with Crippen molar-refractivity contribution in [1.29, 1.82) is 0 Å². The SMILES string of the molecule is CCCCCCCCCCCCC[C@@H]1CC(=O)N[C@H]([C@@H](C)O)C(=O)N[C@H](C)C(=O)N[C@@H](Cc2ccc(OCC(=O)NCCCn3ccnc3)cc2)C(=O)N[C@@H](C(C)C)C(=O)N2C[C@H](O)C[C@H]2C(=O)N[C@H]([C@@H](C)O)C(=O)N[C@@H]([C@@H](C)O)C(=O)N2CC[C@H](O)[C@H]2C(=O)N[C@@H]([C@H](O)CC(N)=O)C(=O)NCC(=O)N[C@H]([C@@H](C)O)C(=O)N[C@@H](CCCN)C(=O)O1. The second kappa shape index (κ2) is 50.9. The Kier molecular flexibility index (Phi) is 42.6. The van der Waals surface area contributed by atoms with Gasteiger partial charge in [-0.3, -0.25) is 67.1 Å². The minimum absolute atomic E-state index is 0.0249. The first kappa shape index (κ1) is 101. The number of nitrogens with one attached hydrogen (secondary N) is 11. The molecule has 0 spiro atoms. The van der Waals surface area contributed by atoms with Crippen LogP contribution in [0.25, 0.3) is 0 Å². The standard InChI is InChI=1S/C79H127N17O24/c1-9-10-11-12-13-14-15-16-17-18-19-22-52-37-59(105)88-63(45(5)97)73(112)85-44(4)69(108)87-54(35-49-24-26-51(27-25-49)119-41-61(107)83-30-21-32-94-34-31-82-42-94)70(109)90-62(43(2)3)77(116)96-40-50(101)36-55(96)71(110)91-65(47(7)99)75(114)92-66(48(8)100)78(117)95-33-28-56(102)68(95)76(115)93-67(57(103)38-58(81)104)72(111)84-39-60(106)89-64(46(6)98)74(113)86-53(23-20-29-80)79(118)120-52/h24-27,31,34,42-48,50,52-57,62-68,97-103H,9-23,28-30,32-33,35-41,80H2,1-8H3,(H2,81,104)(H,83,107)(H,84,111)(H,85,112)(H,86,113)(H,87,108)(H,88,105)(H,89,106)(H,90,109)(H,91,110)(H,92,114)(H,93,115)/t44-,45-,46-,47-,48-,50-,52-,53+,54+,55+,56+,57-,62+,63-,64-,65-,66+,67+,68+/m1/s1. The number of imidazole rings is 1. The van der Waals surface area contributed by atoms with Crippen LogP contribution in [0.15, 0.2) is 43.0 Å². The number of nitrogens with two attached hydrogens (primary N) is 2. The monoisotopic (exact) mass is 1700 g/mol. The number of ether oxygens (including phenoxy) is 2. The third-order valence-electron chi connectivity index (χ3n) is 20.8. The highest BCUT2D eigenvalue weighted by molar-refractivity contribution is 6.00. The van der Waals surface area contributed by atoms with Crippen molar-refractivity contribution in [1.82, 2.24) is 77.8 Å². The summed E-state index contributed by atoms with van der Waals surface area (Å²) in [5.41, 5.74) is 11.6. The first-order valence-electron chi connectivity index (χ1n) is 41.4. The van der Waals surface area contributed by atoms with Gasteiger partial charge in [-0.15, -0.1) is 0 Å². The van der Waals surface area contributed by atoms with Crippen LogP contribution in [0.4, 0.5) is 0 Å². The molecule has 0 bridgehead atoms. The summed E-state index contributed by atoms with van der Waals surface area (Å²) in [6, 6.07) is -14.0. The number of esters is 1. The van der Waals surface area contributed by atoms with Crippen LogP contribution in [-0.4, -0.2) is 298 Å². The molecule has 19 atom stereocenters. The number of carbonyl (C=O) groups is 15. The van der Waals surface area contributed by atoms with E-state index in [0.717, 1.165) is 83.5 Å². The lowest BCUT2D eigenvalue weighted by atomic mass is 9.99. The van der Waals surface area contributed by atoms with E-state index in [1.807, 2.05) is 4.57 Å². The van der Waals surface area contributed by atoms with E-state index in [9.17, 15) is 108 Å². The number of carbonyl (C=O) groups excluding carboxylic acids is 15. The summed E-state index contributed by atoms with van der Waals surface area (Å²) >= 11 is 0. The lowest BCUT2D eigenvalue weighted by molar-refractivity contribution is -0.155. The fourth-order valence-corrected chi connectivity index (χ4v) is 14.0. The topological polar surface area (TPSA) is 625 Å². The van der Waals surface area contributed by atoms with E-state index in [1.54, 1.807) is 18.7 Å². The van der Waals surface area contributed by atoms with Crippen LogP contribution in [0.3, 0.4) is 0 Å². The predicted molar refractivity (Wildman–Crippen MR) is 429 cm³/mol. The number of fused-ring (bicyclic) bond motifs is 2. The van der Waals surface area contributed by atoms with Crippen molar-refractivity contribution >= 4 is 88.7 Å². The molecule has 1 aromatic carbocycles. The van der Waals surface area contributed by atoms with Gasteiger partial charge in [-0.2, -0.15) is 0 Å². The molecule has 1 aromatic heterocycles. The van der Waals surface area contributed by atoms with E-state index in [0.29, 0.717) is 42.8 Å². The van der Waals surface area contributed by atoms with Gasteiger partial charge in [-0.25, -0.2) is 9.78 Å². The third-order valence-corrected chi connectivity index (χ3v) is 20.8. The second-order valence-corrected chi connectivity index (χ2v) is 31.4. The maximum Gasteiger partial charge on any atom is 0.328 e. The van der Waals surface area contributed by atoms with Gasteiger partial charge in [0.05, 0.1) is 68.4 Å². The zero-order chi connectivity index (χ0) is 89.0. The minimum atomic E-state index is -2.23. The quantitative estimate of drug-likeness (QED) is 0.0240. The van der Waals surface area contributed by atoms with Crippen LogP contribution >= 0.6 is 0 Å². The second-order valence-electron chi connectivity index (χ2n) is 31.4. The van der Waals surface area contributed by atoms with Crippen molar-refractivity contribution in [2.75, 3.05) is 39.3 Å². The molecule has 672 valence electrons. The number of aliphatic hydroxyl groups excluding tert-OH is 7. The molecule has 3 fully saturated rings. The lowest BCUT2D eigenvalue weighted by Crippen LogP contribution is -2.64. The van der Waals surface area contributed by atoms with Gasteiger partial charge in [-0.05, 0) is 103 Å². The average Bonchev–Trinajstić information content (AvgIpc) is 1.63. The van der Waals surface area contributed by atoms with Gasteiger partial charge < -0.3 is 130 Å². The van der Waals surface area contributed by atoms with Crippen LogP contribution < -0.4 is 74.7 Å². The number of amides is 14. The van der Waals surface area contributed by atoms with Crippen molar-refractivity contribution < 1.29 is 117 Å². The molecule has 4 heterocycles. The average molecular weight is 1700 g/mol. The highest BCUT2D eigenvalue weighted by Gasteiger charge is 2.49. The van der Waals surface area contributed by atoms with E-state index in [4.69, 9.17) is 20.9 Å². The van der Waals surface area contributed by atoms with Crippen molar-refractivity contribution in [2.45, 2.75) is 306 Å². The molecule has 120 heavy (non-hydrogen) atoms. The summed E-state index contributed by atoms with van der Waals surface area (Å²) in [6.45, 7) is 9.22. The predicted octanol–water partition coefficient (Wildman–Crippen LogP) is -5.40. The number of primary amides is 1. The van der Waals surface area contributed by atoms with Crippen molar-refractivity contribution in [2.24, 2.45) is 17.4 Å². The van der Waals surface area contributed by atoms with Crippen molar-refractivity contribution in [3.8, 4) is 5.75 Å². The smallest absolute Gasteiger partial charge is 0.328 e. The molecule has 0 saturated carbocycles. The molecule has 0 aliphatic carbocycles. The molecule has 0 unspecified atom stereocenters. The van der Waals surface area contributed by atoms with Crippen LogP contribution in [0.5, 0.6) is 5.75 Å². The Labute approximate surface area is 697 Å². The van der Waals surface area contributed by atoms with Gasteiger partial charge >= 0.3 is 5.97 Å². The fraction of sp³-hybridized carbons (Fsp3) is 0.696. The maximum atomic E-state index is 15.0. The maximum absolute atomic E-state index is 15.0. The van der Waals surface area contributed by atoms with Crippen LogP contribution in [0, 0.1) is 5.92 Å². The molecule has 5 rings (SSSR count). The van der Waals surface area contributed by atoms with E-state index in [1.165, 1.54) is 52.0 Å². The number of aliphatic hydroxyl groups is 7. The number of rotatable bonds is 32. The zero-order valence-corrected chi connectivity index (χ0v) is 69.7. The normalized spacial score (nSPS) is 26.4. The van der Waals surface area contributed by atoms with E-state index < -0.39 is 249 Å². The Morgan fingerprint density at radius 2 is 1.15 bits per heavy atom. The molecule has 3 aliphatic rings. The van der Waals surface area contributed by atoms with Gasteiger partial charge in [-0.1, -0.05) is 97.1 Å². The molecular formula is C79H127N17O24. The Hall–Kier alpha value is -10.0. The molecule has 2 aromatic rings. The van der Waals surface area contributed by atoms with E-state index in [2.05, 4.69) is 70.4 Å². The summed E-state index contributed by atoms with van der Waals surface area (Å²) < 4.78 is 13.6. The summed E-state index contributed by atoms with van der Waals surface area (Å²) in [6.07, 6.45) is -0.620. The third kappa shape index (κ3) is 32.8. The van der Waals surface area contributed by atoms with Gasteiger partial charge in [0, 0.05) is 51.4 Å². The van der Waals surface area contributed by atoms with Crippen LogP contribution in [0.1, 0.15) is 183 Å². The van der Waals surface area contributed by atoms with Gasteiger partial charge in [0.15, 0.2) is 6.61 Å². The molecular weight excluding hydrogens is 1570 g/mol. The fourth-order valence-electron chi connectivity index (χ4n) is 14.0. The van der Waals surface area contributed by atoms with Crippen molar-refractivity contribution in [3.63, 3.8) is 0 Å². The number of aromatic nitrogens is 2. The first-order chi connectivity index (χ1) is 56.8. The van der Waals surface area contributed by atoms with Crippen LogP contribution in [0.2, 0.25) is 0 Å². The Morgan fingerprint density at radius 3 is 1.73 bits per heavy atom. The number of hydrogen-bond donors (Lipinski definition) is 20. The zero-order valence-electron chi connectivity index (χ0n) is 69.7. The number of benzene rings is 1. The van der Waals surface area contributed by atoms with E-state index in [-0.39, 0.29) is 51.0 Å². The Bertz CT molecular complexity index is 3700. The Morgan fingerprint density at radius 1 is 0.600 bits per heavy atom. The molecule has 0 radical (unpaired) electrons. The largest absolute Gasteiger partial charge is 0.484 e. The highest BCUT2D eigenvalue weighted by Crippen LogP contribution is 2.25. The molecule has 41 nitrogen and oxygen atoms in total. The van der Waals surface area contributed by atoms with Gasteiger partial charge in [0.2, 0.25) is 76.8 Å². The number of aryl methyl sites for hydroxylation is 1. The van der Waals surface area contributed by atoms with Gasteiger partial charge in [0.1, 0.15) is 78.3 Å². The summed E-state index contributed by atoms with van der Waals surface area (Å²) in [5, 5.41) is 104. The lowest BCUT2D eigenvalue weighted by Gasteiger charge is -2.34. The first-order valence-corrected chi connectivity index (χ1v) is 41.4. The highest BCUT2D eigenvalue weighted by atomic mass is 16.5. The molecule has 14 amide bonds. The Balaban J connectivity index is 1.54. The number of hydrogen-bond acceptors (Lipinski definition) is 26. The van der Waals surface area contributed by atoms with Crippen molar-refractivity contribution in [3.05, 3.63) is 48.5 Å². The molecule has 3 saturated heterocycles. The number of unbranched alkanes of at least 4 members (excludes halogenated alkanes) is 10. The molecule has 22 N–H and O–H groups in total. The van der Waals surface area contributed by atoms with Crippen LogP contribution in [-0.2, 0) is 89.6 Å². The summed E-state index contributed by atoms with van der Waals surface area (Å²) in [7, 11) is 0. The number of nitrogens with zero attached hydrogens (tertiary/aromatic N) is 4. The summed E-state index contributed by atoms with van der Waals surface area (Å²) in [4.78, 5) is 217. The summed E-state index contributed by atoms with van der Waals surface area (Å²) in [5.74, 6) is -17.3. The number of cyclic esters (lactones) is 1.